The Balaban J connectivity index is 2.39. The molecular weight excluding hydrogens is 360 g/mol. The lowest BCUT2D eigenvalue weighted by atomic mass is 9.78. The number of carbonyl (C=O) groups is 1. The van der Waals surface area contributed by atoms with Crippen LogP contribution in [0.1, 0.15) is 19.5 Å². The van der Waals surface area contributed by atoms with Crippen molar-refractivity contribution in [2.45, 2.75) is 26.1 Å². The molecule has 0 saturated carbocycles. The number of halogens is 3. The standard InChI is InChI=1S/C13H14BF3N4O3S/c1-6(2)19-12(22)21-10-3-7(8(4-18-10)14(23)24)11-20-9(5-25-11)13(15,16)17/h3-6,23-24H,1-2H3,(H2,18,19,21,22). The first kappa shape index (κ1) is 19.2. The first-order valence-corrected chi connectivity index (χ1v) is 7.92. The van der Waals surface area contributed by atoms with Crippen molar-refractivity contribution in [3.05, 3.63) is 23.3 Å². The van der Waals surface area contributed by atoms with Gasteiger partial charge in [0.05, 0.1) is 0 Å². The maximum Gasteiger partial charge on any atom is 0.490 e. The van der Waals surface area contributed by atoms with Crippen LogP contribution in [-0.4, -0.2) is 39.2 Å². The molecule has 0 spiro atoms. The van der Waals surface area contributed by atoms with Crippen molar-refractivity contribution in [3.8, 4) is 10.6 Å². The number of nitrogens with zero attached hydrogens (tertiary/aromatic N) is 2. The maximum atomic E-state index is 12.7. The smallest absolute Gasteiger partial charge is 0.423 e. The number of aromatic nitrogens is 2. The van der Waals surface area contributed by atoms with Crippen molar-refractivity contribution < 1.29 is 28.0 Å². The average molecular weight is 374 g/mol. The number of nitrogens with one attached hydrogen (secondary N) is 2. The SMILES string of the molecule is CC(C)NC(=O)Nc1cc(-c2nc(C(F)(F)F)cs2)c(B(O)O)cn1. The van der Waals surface area contributed by atoms with E-state index in [-0.39, 0.29) is 27.9 Å². The third kappa shape index (κ3) is 4.90. The minimum absolute atomic E-state index is 0.0290. The molecule has 0 aliphatic heterocycles. The largest absolute Gasteiger partial charge is 0.490 e. The van der Waals surface area contributed by atoms with Gasteiger partial charge in [-0.3, -0.25) is 5.32 Å². The molecule has 25 heavy (non-hydrogen) atoms. The van der Waals surface area contributed by atoms with Gasteiger partial charge in [0.1, 0.15) is 10.8 Å². The summed E-state index contributed by atoms with van der Waals surface area (Å²) < 4.78 is 38.1. The van der Waals surface area contributed by atoms with Crippen LogP contribution < -0.4 is 16.1 Å². The van der Waals surface area contributed by atoms with Gasteiger partial charge in [0, 0.05) is 28.6 Å². The molecular formula is C13H14BF3N4O3S. The minimum Gasteiger partial charge on any atom is -0.423 e. The third-order valence-electron chi connectivity index (χ3n) is 2.90. The van der Waals surface area contributed by atoms with E-state index in [0.29, 0.717) is 11.3 Å². The summed E-state index contributed by atoms with van der Waals surface area (Å²) in [6.45, 7) is 3.50. The molecule has 0 aliphatic rings. The Hall–Kier alpha value is -2.18. The van der Waals surface area contributed by atoms with Gasteiger partial charge in [-0.25, -0.2) is 14.8 Å². The summed E-state index contributed by atoms with van der Waals surface area (Å²) in [5.41, 5.74) is -1.18. The zero-order chi connectivity index (χ0) is 18.8. The molecule has 4 N–H and O–H groups in total. The Morgan fingerprint density at radius 2 is 2.04 bits per heavy atom. The lowest BCUT2D eigenvalue weighted by Crippen LogP contribution is -2.35. The summed E-state index contributed by atoms with van der Waals surface area (Å²) >= 11 is 0.690. The molecule has 0 saturated heterocycles. The molecule has 0 aliphatic carbocycles. The number of urea groups is 1. The molecule has 2 amide bonds. The maximum absolute atomic E-state index is 12.7. The van der Waals surface area contributed by atoms with Crippen LogP contribution in [0.15, 0.2) is 17.6 Å². The van der Waals surface area contributed by atoms with Crippen LogP contribution in [0.4, 0.5) is 23.8 Å². The lowest BCUT2D eigenvalue weighted by molar-refractivity contribution is -0.140. The van der Waals surface area contributed by atoms with E-state index in [1.54, 1.807) is 13.8 Å². The number of carbonyl (C=O) groups excluding carboxylic acids is 1. The number of amides is 2. The number of alkyl halides is 3. The Kier molecular flexibility index (Phi) is 5.65. The van der Waals surface area contributed by atoms with E-state index < -0.39 is 25.0 Å². The second-order valence-corrected chi connectivity index (χ2v) is 6.18. The molecule has 0 radical (unpaired) electrons. The van der Waals surface area contributed by atoms with Gasteiger partial charge in [0.2, 0.25) is 0 Å². The number of pyridine rings is 1. The summed E-state index contributed by atoms with van der Waals surface area (Å²) in [6.07, 6.45) is -3.56. The summed E-state index contributed by atoms with van der Waals surface area (Å²) in [7, 11) is -1.96. The van der Waals surface area contributed by atoms with E-state index in [9.17, 15) is 28.0 Å². The number of hydrogen-bond acceptors (Lipinski definition) is 6. The molecule has 0 aromatic carbocycles. The monoisotopic (exact) mass is 374 g/mol. The Morgan fingerprint density at radius 3 is 2.56 bits per heavy atom. The predicted molar refractivity (Wildman–Crippen MR) is 87.5 cm³/mol. The quantitative estimate of drug-likeness (QED) is 0.606. The van der Waals surface area contributed by atoms with Crippen LogP contribution in [-0.2, 0) is 6.18 Å². The number of rotatable bonds is 4. The highest BCUT2D eigenvalue weighted by Crippen LogP contribution is 2.33. The summed E-state index contributed by atoms with van der Waals surface area (Å²) in [6, 6.07) is 0.542. The van der Waals surface area contributed by atoms with Crippen LogP contribution >= 0.6 is 11.3 Å². The van der Waals surface area contributed by atoms with Crippen molar-refractivity contribution in [1.29, 1.82) is 0 Å². The molecule has 0 bridgehead atoms. The van der Waals surface area contributed by atoms with Crippen LogP contribution in [0.25, 0.3) is 10.6 Å². The van der Waals surface area contributed by atoms with Gasteiger partial charge in [0.25, 0.3) is 0 Å². The minimum atomic E-state index is -4.61. The molecule has 12 heteroatoms. The molecule has 0 unspecified atom stereocenters. The summed E-state index contributed by atoms with van der Waals surface area (Å²) in [4.78, 5) is 19.0. The molecule has 0 atom stereocenters. The normalized spacial score (nSPS) is 11.5. The van der Waals surface area contributed by atoms with Crippen molar-refractivity contribution in [3.63, 3.8) is 0 Å². The van der Waals surface area contributed by atoms with Gasteiger partial charge in [-0.15, -0.1) is 11.3 Å². The predicted octanol–water partition coefficient (Wildman–Crippen LogP) is 1.43. The third-order valence-corrected chi connectivity index (χ3v) is 3.77. The highest BCUT2D eigenvalue weighted by Gasteiger charge is 2.34. The van der Waals surface area contributed by atoms with Crippen molar-refractivity contribution in [1.82, 2.24) is 15.3 Å². The van der Waals surface area contributed by atoms with Crippen molar-refractivity contribution in [2.24, 2.45) is 0 Å². The van der Waals surface area contributed by atoms with Crippen molar-refractivity contribution in [2.75, 3.05) is 5.32 Å². The number of anilines is 1. The van der Waals surface area contributed by atoms with Gasteiger partial charge in [-0.05, 0) is 19.9 Å². The van der Waals surface area contributed by atoms with Crippen LogP contribution in [0.3, 0.4) is 0 Å². The zero-order valence-corrected chi connectivity index (χ0v) is 13.9. The highest BCUT2D eigenvalue weighted by molar-refractivity contribution is 7.13. The van der Waals surface area contributed by atoms with E-state index in [4.69, 9.17) is 0 Å². The Morgan fingerprint density at radius 1 is 1.36 bits per heavy atom. The van der Waals surface area contributed by atoms with E-state index in [1.807, 2.05) is 0 Å². The number of hydrogen-bond donors (Lipinski definition) is 4. The highest BCUT2D eigenvalue weighted by atomic mass is 32.1. The van der Waals surface area contributed by atoms with Gasteiger partial charge in [-0.2, -0.15) is 13.2 Å². The van der Waals surface area contributed by atoms with Crippen molar-refractivity contribution >= 4 is 35.8 Å². The fourth-order valence-corrected chi connectivity index (χ4v) is 2.73. The van der Waals surface area contributed by atoms with E-state index in [0.717, 1.165) is 11.6 Å². The van der Waals surface area contributed by atoms with Gasteiger partial charge >= 0.3 is 19.3 Å². The average Bonchev–Trinajstić information content (AvgIpc) is 2.95. The first-order chi connectivity index (χ1) is 11.6. The van der Waals surface area contributed by atoms with E-state index in [1.165, 1.54) is 6.07 Å². The van der Waals surface area contributed by atoms with Gasteiger partial charge in [0.15, 0.2) is 5.69 Å². The molecule has 7 nitrogen and oxygen atoms in total. The second-order valence-electron chi connectivity index (χ2n) is 5.32. The molecule has 2 rings (SSSR count). The Bertz CT molecular complexity index is 767. The number of thiazole rings is 1. The van der Waals surface area contributed by atoms with Gasteiger partial charge < -0.3 is 15.4 Å². The lowest BCUT2D eigenvalue weighted by Gasteiger charge is -2.12. The topological polar surface area (TPSA) is 107 Å². The van der Waals surface area contributed by atoms with Gasteiger partial charge in [-0.1, -0.05) is 0 Å². The van der Waals surface area contributed by atoms with Crippen LogP contribution in [0, 0.1) is 0 Å². The Labute approximate surface area is 145 Å². The second kappa shape index (κ2) is 7.37. The molecule has 0 fully saturated rings. The molecule has 2 heterocycles. The summed E-state index contributed by atoms with van der Waals surface area (Å²) in [5, 5.41) is 24.5. The zero-order valence-electron chi connectivity index (χ0n) is 13.1. The fraction of sp³-hybridized carbons (Fsp3) is 0.308. The summed E-state index contributed by atoms with van der Waals surface area (Å²) in [5.74, 6) is 0.0290. The molecule has 2 aromatic rings. The molecule has 134 valence electrons. The van der Waals surface area contributed by atoms with E-state index in [2.05, 4.69) is 20.6 Å². The van der Waals surface area contributed by atoms with E-state index >= 15 is 0 Å². The fourth-order valence-electron chi connectivity index (χ4n) is 1.87. The molecule has 2 aromatic heterocycles. The van der Waals surface area contributed by atoms with Crippen LogP contribution in [0.2, 0.25) is 0 Å². The first-order valence-electron chi connectivity index (χ1n) is 7.04. The van der Waals surface area contributed by atoms with Crippen LogP contribution in [0.5, 0.6) is 0 Å².